The van der Waals surface area contributed by atoms with Crippen LogP contribution in [-0.2, 0) is 0 Å². The summed E-state index contributed by atoms with van der Waals surface area (Å²) in [4.78, 5) is 0. The van der Waals surface area contributed by atoms with E-state index in [0.29, 0.717) is 0 Å². The van der Waals surface area contributed by atoms with Gasteiger partial charge in [0.2, 0.25) is 0 Å². The molecule has 0 amide bonds. The average Bonchev–Trinajstić information content (AvgIpc) is 2.63. The number of rotatable bonds is 5. The summed E-state index contributed by atoms with van der Waals surface area (Å²) < 4.78 is 0. The topological polar surface area (TPSA) is 0 Å². The Morgan fingerprint density at radius 3 is 2.89 bits per heavy atom. The minimum absolute atomic E-state index is 1.01. The van der Waals surface area contributed by atoms with Crippen LogP contribution in [-0.4, -0.2) is 22.5 Å². The first kappa shape index (κ1) is 8.15. The van der Waals surface area contributed by atoms with Crippen molar-refractivity contribution in [2.45, 2.75) is 18.6 Å². The first-order valence-electron chi connectivity index (χ1n) is 3.29. The fraction of sp³-hybridized carbons (Fsp3) is 1.00. The van der Waals surface area contributed by atoms with E-state index < -0.39 is 0 Å². The van der Waals surface area contributed by atoms with Crippen LogP contribution in [0.25, 0.3) is 0 Å². The van der Waals surface area contributed by atoms with E-state index in [4.69, 9.17) is 0 Å². The Balaban J connectivity index is 1.71. The molecular weight excluding hydrogens is 168 g/mol. The third kappa shape index (κ3) is 4.45. The van der Waals surface area contributed by atoms with Gasteiger partial charge in [-0.3, -0.25) is 0 Å². The molecule has 1 saturated heterocycles. The van der Waals surface area contributed by atoms with Gasteiger partial charge in [-0.25, -0.2) is 0 Å². The number of hydrogen-bond donors (Lipinski definition) is 0. The van der Waals surface area contributed by atoms with Gasteiger partial charge in [0.25, 0.3) is 0 Å². The summed E-state index contributed by atoms with van der Waals surface area (Å²) in [5.41, 5.74) is 0. The molecule has 1 rings (SSSR count). The van der Waals surface area contributed by atoms with E-state index in [-0.39, 0.29) is 0 Å². The van der Waals surface area contributed by atoms with Crippen LogP contribution in [0, 0.1) is 0 Å². The molecule has 9 heavy (non-hydrogen) atoms. The van der Waals surface area contributed by atoms with Crippen molar-refractivity contribution in [3.05, 3.63) is 0 Å². The van der Waals surface area contributed by atoms with Gasteiger partial charge < -0.3 is 0 Å². The van der Waals surface area contributed by atoms with Gasteiger partial charge in [0, 0.05) is 22.5 Å². The lowest BCUT2D eigenvalue weighted by Crippen LogP contribution is -1.83. The third-order valence-electron chi connectivity index (χ3n) is 1.03. The Hall–Kier alpha value is 1.05. The zero-order chi connectivity index (χ0) is 6.53. The van der Waals surface area contributed by atoms with Crippen molar-refractivity contribution >= 4 is 33.3 Å². The Morgan fingerprint density at radius 1 is 1.56 bits per heavy atom. The second kappa shape index (κ2) is 4.80. The summed E-state index contributed by atoms with van der Waals surface area (Å²) in [5.74, 6) is 4.11. The fourth-order valence-electron chi connectivity index (χ4n) is 0.431. The summed E-state index contributed by atoms with van der Waals surface area (Å²) in [6, 6.07) is 0. The fourth-order valence-corrected chi connectivity index (χ4v) is 3.97. The molecule has 0 radical (unpaired) electrons. The van der Waals surface area contributed by atoms with E-state index in [0.717, 1.165) is 5.25 Å². The molecule has 0 aromatic heterocycles. The Kier molecular flexibility index (Phi) is 4.35. The van der Waals surface area contributed by atoms with Crippen LogP contribution in [0.5, 0.6) is 0 Å². The smallest absolute Gasteiger partial charge is 0.0237 e. The van der Waals surface area contributed by atoms with Crippen LogP contribution in [0.1, 0.15) is 13.3 Å². The first-order valence-corrected chi connectivity index (χ1v) is 6.83. The van der Waals surface area contributed by atoms with E-state index in [1.54, 1.807) is 0 Å². The van der Waals surface area contributed by atoms with Crippen molar-refractivity contribution in [3.8, 4) is 0 Å². The lowest BCUT2D eigenvalue weighted by molar-refractivity contribution is 1.11. The normalized spacial score (nSPS) is 24.3. The summed E-state index contributed by atoms with van der Waals surface area (Å²) in [5, 5.41) is 1.01. The lowest BCUT2D eigenvalue weighted by atomic mass is 10.6. The maximum atomic E-state index is 2.24. The molecule has 0 saturated carbocycles. The molecule has 1 aliphatic heterocycles. The number of thioether (sulfide) groups is 1. The van der Waals surface area contributed by atoms with Gasteiger partial charge in [-0.05, 0) is 6.42 Å². The highest BCUT2D eigenvalue weighted by Gasteiger charge is 2.21. The van der Waals surface area contributed by atoms with Crippen LogP contribution in [0.15, 0.2) is 0 Å². The Morgan fingerprint density at radius 2 is 2.33 bits per heavy atom. The highest BCUT2D eigenvalue weighted by atomic mass is 33.1. The summed E-state index contributed by atoms with van der Waals surface area (Å²) in [6.07, 6.45) is 1.31. The first-order chi connectivity index (χ1) is 4.43. The van der Waals surface area contributed by atoms with Crippen LogP contribution >= 0.6 is 33.3 Å². The predicted octanol–water partition coefficient (Wildman–Crippen LogP) is 2.89. The lowest BCUT2D eigenvalue weighted by Gasteiger charge is -1.94. The van der Waals surface area contributed by atoms with Gasteiger partial charge in [0.1, 0.15) is 0 Å². The Bertz CT molecular complexity index is 70.7. The van der Waals surface area contributed by atoms with E-state index in [2.05, 4.69) is 18.7 Å². The molecule has 1 heterocycles. The molecule has 0 aromatic carbocycles. The standard InChI is InChI=1S/C6H12S3/c1-2-3-8-9-5-6-4-7-6/h6H,2-5H2,1H3. The van der Waals surface area contributed by atoms with Gasteiger partial charge in [0.15, 0.2) is 0 Å². The molecule has 3 heteroatoms. The summed E-state index contributed by atoms with van der Waals surface area (Å²) >= 11 is 2.09. The Labute approximate surface area is 69.3 Å². The van der Waals surface area contributed by atoms with Gasteiger partial charge in [-0.1, -0.05) is 28.5 Å². The molecular formula is C6H12S3. The maximum absolute atomic E-state index is 2.24. The van der Waals surface area contributed by atoms with Gasteiger partial charge >= 0.3 is 0 Å². The highest BCUT2D eigenvalue weighted by molar-refractivity contribution is 8.76. The van der Waals surface area contributed by atoms with E-state index in [1.807, 2.05) is 21.6 Å². The molecule has 0 N–H and O–H groups in total. The molecule has 1 fully saturated rings. The second-order valence-electron chi connectivity index (χ2n) is 2.06. The third-order valence-corrected chi connectivity index (χ3v) is 4.90. The van der Waals surface area contributed by atoms with Crippen molar-refractivity contribution in [2.75, 3.05) is 17.3 Å². The molecule has 1 atom stereocenters. The molecule has 0 nitrogen and oxygen atoms in total. The van der Waals surface area contributed by atoms with Gasteiger partial charge in [-0.15, -0.1) is 0 Å². The molecule has 0 spiro atoms. The SMILES string of the molecule is CCCSSCC1CS1. The highest BCUT2D eigenvalue weighted by Crippen LogP contribution is 2.36. The monoisotopic (exact) mass is 180 g/mol. The van der Waals surface area contributed by atoms with Crippen molar-refractivity contribution < 1.29 is 0 Å². The second-order valence-corrected chi connectivity index (χ2v) is 6.02. The molecule has 1 unspecified atom stereocenters. The van der Waals surface area contributed by atoms with Crippen LogP contribution in [0.2, 0.25) is 0 Å². The van der Waals surface area contributed by atoms with Crippen LogP contribution < -0.4 is 0 Å². The van der Waals surface area contributed by atoms with Crippen LogP contribution in [0.3, 0.4) is 0 Å². The quantitative estimate of drug-likeness (QED) is 0.363. The zero-order valence-electron chi connectivity index (χ0n) is 5.63. The molecule has 0 aromatic rings. The molecule has 0 aliphatic carbocycles. The zero-order valence-corrected chi connectivity index (χ0v) is 8.08. The average molecular weight is 180 g/mol. The number of hydrogen-bond acceptors (Lipinski definition) is 3. The van der Waals surface area contributed by atoms with E-state index in [1.165, 1.54) is 23.7 Å². The molecule has 1 aliphatic rings. The maximum Gasteiger partial charge on any atom is 0.0237 e. The summed E-state index contributed by atoms with van der Waals surface area (Å²) in [6.45, 7) is 2.24. The molecule has 54 valence electrons. The minimum atomic E-state index is 1.01. The van der Waals surface area contributed by atoms with Crippen molar-refractivity contribution in [1.82, 2.24) is 0 Å². The van der Waals surface area contributed by atoms with Crippen molar-refractivity contribution in [3.63, 3.8) is 0 Å². The van der Waals surface area contributed by atoms with Crippen molar-refractivity contribution in [2.24, 2.45) is 0 Å². The van der Waals surface area contributed by atoms with Crippen LogP contribution in [0.4, 0.5) is 0 Å². The van der Waals surface area contributed by atoms with Crippen molar-refractivity contribution in [1.29, 1.82) is 0 Å². The van der Waals surface area contributed by atoms with E-state index >= 15 is 0 Å². The molecule has 0 bridgehead atoms. The minimum Gasteiger partial charge on any atom is -0.156 e. The largest absolute Gasteiger partial charge is 0.156 e. The van der Waals surface area contributed by atoms with Gasteiger partial charge in [-0.2, -0.15) is 11.8 Å². The van der Waals surface area contributed by atoms with E-state index in [9.17, 15) is 0 Å². The predicted molar refractivity (Wildman–Crippen MR) is 51.5 cm³/mol. The van der Waals surface area contributed by atoms with Gasteiger partial charge in [0.05, 0.1) is 0 Å². The summed E-state index contributed by atoms with van der Waals surface area (Å²) in [7, 11) is 4.07.